The number of oxazole rings is 1. The molecule has 9 heteroatoms. The van der Waals surface area contributed by atoms with Crippen molar-refractivity contribution in [1.82, 2.24) is 15.2 Å². The number of rotatable bonds is 5. The molecule has 1 amide bonds. The fourth-order valence-electron chi connectivity index (χ4n) is 2.42. The highest BCUT2D eigenvalue weighted by Crippen LogP contribution is 2.24. The van der Waals surface area contributed by atoms with Crippen LogP contribution in [0.4, 0.5) is 10.1 Å². The third-order valence-corrected chi connectivity index (χ3v) is 4.42. The Morgan fingerprint density at radius 1 is 1.15 bits per heavy atom. The molecule has 0 spiro atoms. The van der Waals surface area contributed by atoms with Crippen molar-refractivity contribution < 1.29 is 18.0 Å². The van der Waals surface area contributed by atoms with Crippen LogP contribution in [0.3, 0.4) is 0 Å². The number of anilines is 1. The first-order valence-corrected chi connectivity index (χ1v) is 8.95. The van der Waals surface area contributed by atoms with E-state index in [4.69, 9.17) is 8.83 Å². The summed E-state index contributed by atoms with van der Waals surface area (Å²) in [5.74, 6) is 0.368. The quantitative estimate of drug-likeness (QED) is 0.519. The molecule has 136 valence electrons. The van der Waals surface area contributed by atoms with E-state index < -0.39 is 0 Å². The largest absolute Gasteiger partial charge is 0.441 e. The van der Waals surface area contributed by atoms with Crippen molar-refractivity contribution >= 4 is 34.5 Å². The zero-order valence-corrected chi connectivity index (χ0v) is 14.9. The van der Waals surface area contributed by atoms with Gasteiger partial charge in [-0.3, -0.25) is 4.79 Å². The Kier molecular flexibility index (Phi) is 4.59. The fourth-order valence-corrected chi connectivity index (χ4v) is 2.99. The number of hydrogen-bond donors (Lipinski definition) is 1. The van der Waals surface area contributed by atoms with Gasteiger partial charge in [-0.25, -0.2) is 9.37 Å². The fraction of sp³-hybridized carbons (Fsp3) is 0.111. The highest BCUT2D eigenvalue weighted by Gasteiger charge is 2.12. The van der Waals surface area contributed by atoms with Gasteiger partial charge in [-0.2, -0.15) is 0 Å². The van der Waals surface area contributed by atoms with Gasteiger partial charge in [-0.05, 0) is 42.5 Å². The third-order valence-electron chi connectivity index (χ3n) is 3.60. The molecule has 0 aliphatic heterocycles. The van der Waals surface area contributed by atoms with Crippen LogP contribution >= 0.6 is 11.8 Å². The molecule has 2 aromatic heterocycles. The van der Waals surface area contributed by atoms with E-state index in [9.17, 15) is 9.18 Å². The summed E-state index contributed by atoms with van der Waals surface area (Å²) in [6, 6.07) is 11.0. The van der Waals surface area contributed by atoms with Gasteiger partial charge in [0.2, 0.25) is 11.8 Å². The van der Waals surface area contributed by atoms with Crippen molar-refractivity contribution in [2.45, 2.75) is 12.1 Å². The Bertz CT molecular complexity index is 1110. The normalized spacial score (nSPS) is 11.0. The molecule has 7 nitrogen and oxygen atoms in total. The van der Waals surface area contributed by atoms with Crippen LogP contribution in [0.2, 0.25) is 0 Å². The number of carbonyl (C=O) groups excluding carboxylic acids is 1. The maximum absolute atomic E-state index is 13.0. The Morgan fingerprint density at radius 3 is 2.78 bits per heavy atom. The van der Waals surface area contributed by atoms with Gasteiger partial charge in [-0.1, -0.05) is 11.8 Å². The maximum atomic E-state index is 13.0. The molecule has 2 heterocycles. The van der Waals surface area contributed by atoms with Crippen LogP contribution < -0.4 is 5.32 Å². The van der Waals surface area contributed by atoms with Crippen LogP contribution in [0.5, 0.6) is 0 Å². The molecule has 0 unspecified atom stereocenters. The molecule has 27 heavy (non-hydrogen) atoms. The van der Waals surface area contributed by atoms with Crippen molar-refractivity contribution in [3.8, 4) is 11.5 Å². The third kappa shape index (κ3) is 3.98. The van der Waals surface area contributed by atoms with E-state index >= 15 is 0 Å². The minimum atomic E-state index is -0.344. The average molecular weight is 384 g/mol. The molecule has 4 aromatic rings. The lowest BCUT2D eigenvalue weighted by molar-refractivity contribution is -0.113. The molecule has 0 saturated carbocycles. The number of fused-ring (bicyclic) bond motifs is 1. The van der Waals surface area contributed by atoms with Crippen LogP contribution in [0, 0.1) is 12.7 Å². The second-order valence-electron chi connectivity index (χ2n) is 5.63. The first kappa shape index (κ1) is 17.2. The molecule has 0 bridgehead atoms. The summed E-state index contributed by atoms with van der Waals surface area (Å²) in [7, 11) is 0. The number of thioether (sulfide) groups is 1. The van der Waals surface area contributed by atoms with Crippen LogP contribution in [0.15, 0.2) is 56.5 Å². The average Bonchev–Trinajstić information content (AvgIpc) is 3.26. The van der Waals surface area contributed by atoms with E-state index in [1.54, 1.807) is 37.3 Å². The first-order valence-electron chi connectivity index (χ1n) is 7.96. The molecule has 0 fully saturated rings. The van der Waals surface area contributed by atoms with E-state index in [-0.39, 0.29) is 28.6 Å². The van der Waals surface area contributed by atoms with Gasteiger partial charge in [0.05, 0.1) is 5.75 Å². The Balaban J connectivity index is 1.36. The number of nitrogens with zero attached hydrogens (tertiary/aromatic N) is 3. The van der Waals surface area contributed by atoms with Crippen molar-refractivity contribution in [3.63, 3.8) is 0 Å². The van der Waals surface area contributed by atoms with Crippen molar-refractivity contribution in [2.75, 3.05) is 11.1 Å². The van der Waals surface area contributed by atoms with Gasteiger partial charge in [0.25, 0.3) is 5.22 Å². The highest BCUT2D eigenvalue weighted by atomic mass is 32.2. The van der Waals surface area contributed by atoms with Crippen molar-refractivity contribution in [1.29, 1.82) is 0 Å². The predicted molar refractivity (Wildman–Crippen MR) is 97.8 cm³/mol. The Labute approximate surface area is 157 Å². The maximum Gasteiger partial charge on any atom is 0.277 e. The van der Waals surface area contributed by atoms with Gasteiger partial charge >= 0.3 is 0 Å². The van der Waals surface area contributed by atoms with Gasteiger partial charge in [0, 0.05) is 18.2 Å². The van der Waals surface area contributed by atoms with E-state index in [0.29, 0.717) is 28.2 Å². The number of amides is 1. The lowest BCUT2D eigenvalue weighted by atomic mass is 10.2. The van der Waals surface area contributed by atoms with E-state index in [0.717, 1.165) is 11.8 Å². The standard InChI is InChI=1S/C18H13FN4O3S/c1-10-20-14-8-13(6-7-15(14)25-10)21-16(24)9-27-18-23-22-17(26-18)11-2-4-12(19)5-3-11/h2-8H,9H2,1H3,(H,21,24). The molecule has 0 saturated heterocycles. The monoisotopic (exact) mass is 384 g/mol. The summed E-state index contributed by atoms with van der Waals surface area (Å²) >= 11 is 1.11. The zero-order chi connectivity index (χ0) is 18.8. The summed E-state index contributed by atoms with van der Waals surface area (Å²) in [5.41, 5.74) is 2.58. The predicted octanol–water partition coefficient (Wildman–Crippen LogP) is 4.06. The van der Waals surface area contributed by atoms with E-state index in [1.165, 1.54) is 12.1 Å². The minimum absolute atomic E-state index is 0.0981. The van der Waals surface area contributed by atoms with Gasteiger partial charge < -0.3 is 14.2 Å². The summed E-state index contributed by atoms with van der Waals surface area (Å²) in [5, 5.41) is 10.8. The second-order valence-corrected chi connectivity index (χ2v) is 6.56. The van der Waals surface area contributed by atoms with Crippen molar-refractivity contribution in [3.05, 3.63) is 54.2 Å². The van der Waals surface area contributed by atoms with Crippen LogP contribution in [0.1, 0.15) is 5.89 Å². The van der Waals surface area contributed by atoms with E-state index in [2.05, 4.69) is 20.5 Å². The summed E-state index contributed by atoms with van der Waals surface area (Å²) in [4.78, 5) is 16.4. The number of halogens is 1. The first-order chi connectivity index (χ1) is 13.1. The molecule has 4 rings (SSSR count). The molecular formula is C18H13FN4O3S. The summed E-state index contributed by atoms with van der Waals surface area (Å²) < 4.78 is 23.8. The van der Waals surface area contributed by atoms with Crippen LogP contribution in [0.25, 0.3) is 22.6 Å². The lowest BCUT2D eigenvalue weighted by Crippen LogP contribution is -2.13. The number of aryl methyl sites for hydroxylation is 1. The van der Waals surface area contributed by atoms with E-state index in [1.807, 2.05) is 0 Å². The number of carbonyl (C=O) groups is 1. The molecule has 0 radical (unpaired) electrons. The lowest BCUT2D eigenvalue weighted by Gasteiger charge is -2.03. The molecule has 0 aliphatic carbocycles. The number of nitrogens with one attached hydrogen (secondary N) is 1. The second kappa shape index (κ2) is 7.20. The van der Waals surface area contributed by atoms with Gasteiger partial charge in [0.15, 0.2) is 11.5 Å². The summed E-state index contributed by atoms with van der Waals surface area (Å²) in [6.45, 7) is 1.76. The van der Waals surface area contributed by atoms with Crippen molar-refractivity contribution in [2.24, 2.45) is 0 Å². The SMILES string of the molecule is Cc1nc2cc(NC(=O)CSc3nnc(-c4ccc(F)cc4)o3)ccc2o1. The molecule has 1 N–H and O–H groups in total. The van der Waals surface area contributed by atoms with Gasteiger partial charge in [-0.15, -0.1) is 10.2 Å². The molecule has 2 aromatic carbocycles. The Morgan fingerprint density at radius 2 is 1.96 bits per heavy atom. The minimum Gasteiger partial charge on any atom is -0.441 e. The number of aromatic nitrogens is 3. The molecular weight excluding hydrogens is 371 g/mol. The smallest absolute Gasteiger partial charge is 0.277 e. The Hall–Kier alpha value is -3.20. The molecule has 0 atom stereocenters. The topological polar surface area (TPSA) is 94.1 Å². The van der Waals surface area contributed by atoms with Crippen LogP contribution in [-0.4, -0.2) is 26.8 Å². The number of hydrogen-bond acceptors (Lipinski definition) is 7. The van der Waals surface area contributed by atoms with Gasteiger partial charge in [0.1, 0.15) is 11.3 Å². The summed E-state index contributed by atoms with van der Waals surface area (Å²) in [6.07, 6.45) is 0. The molecule has 0 aliphatic rings. The van der Waals surface area contributed by atoms with Crippen LogP contribution in [-0.2, 0) is 4.79 Å². The zero-order valence-electron chi connectivity index (χ0n) is 14.1. The highest BCUT2D eigenvalue weighted by molar-refractivity contribution is 7.99. The number of benzene rings is 2.